The molecule has 0 fully saturated rings. The molecule has 0 aliphatic carbocycles. The maximum atomic E-state index is 12.6. The molecule has 1 amide bonds. The van der Waals surface area contributed by atoms with E-state index >= 15 is 0 Å². The number of carbonyl (C=O) groups is 1. The van der Waals surface area contributed by atoms with Crippen molar-refractivity contribution >= 4 is 11.6 Å². The van der Waals surface area contributed by atoms with E-state index in [1.807, 2.05) is 41.2 Å². The van der Waals surface area contributed by atoms with Gasteiger partial charge in [-0.25, -0.2) is 0 Å². The van der Waals surface area contributed by atoms with Crippen LogP contribution in [0.25, 0.3) is 0 Å². The average molecular weight is 337 g/mol. The standard InChI is InChI=1S/C19H19N3O3/c1-24-16-7-8-17(18(12-16)25-2)19(23)21-15-6-3-5-14(11-15)13-22-10-4-9-20-22/h3-12H,13H2,1-2H3,(H,21,23). The summed E-state index contributed by atoms with van der Waals surface area (Å²) in [5, 5.41) is 7.09. The summed E-state index contributed by atoms with van der Waals surface area (Å²) in [5.41, 5.74) is 2.21. The van der Waals surface area contributed by atoms with Crippen molar-refractivity contribution in [2.75, 3.05) is 19.5 Å². The predicted octanol–water partition coefficient (Wildman–Crippen LogP) is 3.20. The van der Waals surface area contributed by atoms with E-state index in [4.69, 9.17) is 9.47 Å². The topological polar surface area (TPSA) is 65.4 Å². The lowest BCUT2D eigenvalue weighted by atomic mass is 10.1. The van der Waals surface area contributed by atoms with Crippen LogP contribution < -0.4 is 14.8 Å². The van der Waals surface area contributed by atoms with Crippen molar-refractivity contribution in [2.24, 2.45) is 0 Å². The summed E-state index contributed by atoms with van der Waals surface area (Å²) in [4.78, 5) is 12.6. The fourth-order valence-corrected chi connectivity index (χ4v) is 2.51. The Morgan fingerprint density at radius 1 is 1.12 bits per heavy atom. The number of nitrogens with one attached hydrogen (secondary N) is 1. The van der Waals surface area contributed by atoms with Crippen LogP contribution >= 0.6 is 0 Å². The van der Waals surface area contributed by atoms with Gasteiger partial charge in [0.15, 0.2) is 0 Å². The Morgan fingerprint density at radius 2 is 2.00 bits per heavy atom. The molecule has 1 heterocycles. The minimum Gasteiger partial charge on any atom is -0.497 e. The molecule has 1 aromatic heterocycles. The molecule has 6 heteroatoms. The van der Waals surface area contributed by atoms with Crippen LogP contribution in [0.2, 0.25) is 0 Å². The second-order valence-electron chi connectivity index (χ2n) is 5.42. The van der Waals surface area contributed by atoms with Crippen LogP contribution in [-0.2, 0) is 6.54 Å². The lowest BCUT2D eigenvalue weighted by Crippen LogP contribution is -2.13. The van der Waals surface area contributed by atoms with E-state index in [-0.39, 0.29) is 5.91 Å². The summed E-state index contributed by atoms with van der Waals surface area (Å²) < 4.78 is 12.3. The van der Waals surface area contributed by atoms with Crippen molar-refractivity contribution in [3.05, 3.63) is 72.1 Å². The van der Waals surface area contributed by atoms with Gasteiger partial charge in [-0.3, -0.25) is 9.48 Å². The van der Waals surface area contributed by atoms with Gasteiger partial charge in [0, 0.05) is 24.1 Å². The lowest BCUT2D eigenvalue weighted by molar-refractivity contribution is 0.102. The van der Waals surface area contributed by atoms with Gasteiger partial charge in [-0.05, 0) is 35.9 Å². The molecular formula is C19H19N3O3. The number of aromatic nitrogens is 2. The monoisotopic (exact) mass is 337 g/mol. The van der Waals surface area contributed by atoms with Gasteiger partial charge in [-0.1, -0.05) is 12.1 Å². The van der Waals surface area contributed by atoms with Gasteiger partial charge in [-0.15, -0.1) is 0 Å². The molecule has 1 N–H and O–H groups in total. The predicted molar refractivity (Wildman–Crippen MR) is 95.3 cm³/mol. The van der Waals surface area contributed by atoms with Gasteiger partial charge in [0.2, 0.25) is 0 Å². The van der Waals surface area contributed by atoms with E-state index in [1.165, 1.54) is 7.11 Å². The lowest BCUT2D eigenvalue weighted by Gasteiger charge is -2.11. The van der Waals surface area contributed by atoms with Gasteiger partial charge >= 0.3 is 0 Å². The Balaban J connectivity index is 1.77. The summed E-state index contributed by atoms with van der Waals surface area (Å²) in [6.45, 7) is 0.641. The number of anilines is 1. The van der Waals surface area contributed by atoms with Gasteiger partial charge < -0.3 is 14.8 Å². The number of amides is 1. The molecule has 6 nitrogen and oxygen atoms in total. The van der Waals surface area contributed by atoms with Gasteiger partial charge in [0.1, 0.15) is 11.5 Å². The highest BCUT2D eigenvalue weighted by Crippen LogP contribution is 2.25. The first-order valence-corrected chi connectivity index (χ1v) is 7.79. The minimum absolute atomic E-state index is 0.240. The van der Waals surface area contributed by atoms with Crippen LogP contribution in [0.5, 0.6) is 11.5 Å². The second kappa shape index (κ2) is 7.53. The number of methoxy groups -OCH3 is 2. The Labute approximate surface area is 146 Å². The molecule has 0 radical (unpaired) electrons. The number of benzene rings is 2. The quantitative estimate of drug-likeness (QED) is 0.750. The van der Waals surface area contributed by atoms with E-state index in [2.05, 4.69) is 10.4 Å². The maximum Gasteiger partial charge on any atom is 0.259 e. The Morgan fingerprint density at radius 3 is 2.72 bits per heavy atom. The summed E-state index contributed by atoms with van der Waals surface area (Å²) in [6, 6.07) is 14.6. The molecule has 2 aromatic carbocycles. The summed E-state index contributed by atoms with van der Waals surface area (Å²) >= 11 is 0. The summed E-state index contributed by atoms with van der Waals surface area (Å²) in [6.07, 6.45) is 3.63. The van der Waals surface area contributed by atoms with Gasteiger partial charge in [0.25, 0.3) is 5.91 Å². The summed E-state index contributed by atoms with van der Waals surface area (Å²) in [7, 11) is 3.09. The van der Waals surface area contributed by atoms with E-state index in [0.717, 1.165) is 5.56 Å². The Kier molecular flexibility index (Phi) is 4.99. The van der Waals surface area contributed by atoms with E-state index < -0.39 is 0 Å². The van der Waals surface area contributed by atoms with Gasteiger partial charge in [0.05, 0.1) is 26.3 Å². The molecule has 0 saturated heterocycles. The Bertz CT molecular complexity index is 860. The van der Waals surface area contributed by atoms with Crippen molar-refractivity contribution in [1.82, 2.24) is 9.78 Å². The third-order valence-corrected chi connectivity index (χ3v) is 3.74. The average Bonchev–Trinajstić information content (AvgIpc) is 3.14. The fourth-order valence-electron chi connectivity index (χ4n) is 2.51. The number of carbonyl (C=O) groups excluding carboxylic acids is 1. The van der Waals surface area contributed by atoms with E-state index in [0.29, 0.717) is 29.3 Å². The van der Waals surface area contributed by atoms with Crippen LogP contribution in [0.1, 0.15) is 15.9 Å². The number of hydrogen-bond donors (Lipinski definition) is 1. The zero-order valence-electron chi connectivity index (χ0n) is 14.1. The zero-order valence-corrected chi connectivity index (χ0v) is 14.1. The van der Waals surface area contributed by atoms with E-state index in [1.54, 1.807) is 31.5 Å². The minimum atomic E-state index is -0.240. The molecule has 0 saturated carbocycles. The second-order valence-corrected chi connectivity index (χ2v) is 5.42. The van der Waals surface area contributed by atoms with Crippen LogP contribution in [0.3, 0.4) is 0 Å². The highest BCUT2D eigenvalue weighted by atomic mass is 16.5. The molecule has 3 rings (SSSR count). The highest BCUT2D eigenvalue weighted by Gasteiger charge is 2.13. The van der Waals surface area contributed by atoms with Crippen molar-refractivity contribution in [1.29, 1.82) is 0 Å². The molecule has 0 spiro atoms. The molecule has 3 aromatic rings. The molecule has 0 aliphatic heterocycles. The first-order chi connectivity index (χ1) is 12.2. The molecule has 0 atom stereocenters. The third-order valence-electron chi connectivity index (χ3n) is 3.74. The molecule has 128 valence electrons. The van der Waals surface area contributed by atoms with Crippen molar-refractivity contribution in [3.63, 3.8) is 0 Å². The first kappa shape index (κ1) is 16.6. The summed E-state index contributed by atoms with van der Waals surface area (Å²) in [5.74, 6) is 0.856. The molecule has 0 unspecified atom stereocenters. The SMILES string of the molecule is COc1ccc(C(=O)Nc2cccc(Cn3cccn3)c2)c(OC)c1. The highest BCUT2D eigenvalue weighted by molar-refractivity contribution is 6.06. The largest absolute Gasteiger partial charge is 0.497 e. The normalized spacial score (nSPS) is 10.3. The molecule has 0 aliphatic rings. The van der Waals surface area contributed by atoms with Crippen molar-refractivity contribution in [3.8, 4) is 11.5 Å². The van der Waals surface area contributed by atoms with Crippen LogP contribution in [0, 0.1) is 0 Å². The van der Waals surface area contributed by atoms with E-state index in [9.17, 15) is 4.79 Å². The molecular weight excluding hydrogens is 318 g/mol. The van der Waals surface area contributed by atoms with Crippen molar-refractivity contribution in [2.45, 2.75) is 6.54 Å². The van der Waals surface area contributed by atoms with Crippen LogP contribution in [-0.4, -0.2) is 29.9 Å². The Hall–Kier alpha value is -3.28. The van der Waals surface area contributed by atoms with Crippen molar-refractivity contribution < 1.29 is 14.3 Å². The zero-order chi connectivity index (χ0) is 17.6. The van der Waals surface area contributed by atoms with Crippen LogP contribution in [0.4, 0.5) is 5.69 Å². The molecule has 0 bridgehead atoms. The van der Waals surface area contributed by atoms with Gasteiger partial charge in [-0.2, -0.15) is 5.10 Å². The number of ether oxygens (including phenoxy) is 2. The number of hydrogen-bond acceptors (Lipinski definition) is 4. The number of nitrogens with zero attached hydrogens (tertiary/aromatic N) is 2. The maximum absolute atomic E-state index is 12.6. The molecule has 25 heavy (non-hydrogen) atoms. The third kappa shape index (κ3) is 3.98. The first-order valence-electron chi connectivity index (χ1n) is 7.79. The fraction of sp³-hybridized carbons (Fsp3) is 0.158. The smallest absolute Gasteiger partial charge is 0.259 e. The number of rotatable bonds is 6. The van der Waals surface area contributed by atoms with Crippen LogP contribution in [0.15, 0.2) is 60.9 Å².